The molecule has 480 valence electrons. The maximum atomic E-state index is 13.0. The summed E-state index contributed by atoms with van der Waals surface area (Å²) in [5.74, 6) is -1.40. The molecule has 0 aliphatic carbocycles. The summed E-state index contributed by atoms with van der Waals surface area (Å²) in [4.78, 5) is 71.8. The molecule has 0 aromatic carbocycles. The van der Waals surface area contributed by atoms with Gasteiger partial charge in [0.05, 0.1) is 26.4 Å². The molecule has 0 saturated carbocycles. The highest BCUT2D eigenvalue weighted by Gasteiger charge is 2.30. The fraction of sp³-hybridized carbons (Fsp3) is 0.935. The van der Waals surface area contributed by atoms with Crippen LogP contribution in [0.15, 0.2) is 0 Å². The zero-order valence-electron chi connectivity index (χ0n) is 51.9. The predicted octanol–water partition coefficient (Wildman–Crippen LogP) is 17.0. The number of phosphoric acid groups is 2. The Kier molecular flexibility index (Phi) is 54.6. The molecule has 81 heavy (non-hydrogen) atoms. The molecule has 0 aliphatic heterocycles. The number of aliphatic hydroxyl groups excluding tert-OH is 1. The highest BCUT2D eigenvalue weighted by Crippen LogP contribution is 2.45. The lowest BCUT2D eigenvalue weighted by Gasteiger charge is -2.21. The van der Waals surface area contributed by atoms with E-state index in [2.05, 4.69) is 34.6 Å². The number of unbranched alkanes of at least 4 members (excludes halogenated alkanes) is 34. The zero-order chi connectivity index (χ0) is 59.9. The normalized spacial score (nSPS) is 14.3. The third kappa shape index (κ3) is 56.9. The van der Waals surface area contributed by atoms with Gasteiger partial charge >= 0.3 is 39.5 Å². The Bertz CT molecular complexity index is 1580. The van der Waals surface area contributed by atoms with Crippen LogP contribution in [0.2, 0.25) is 0 Å². The average molecular weight is 1200 g/mol. The molecule has 0 aromatic rings. The molecule has 0 rings (SSSR count). The van der Waals surface area contributed by atoms with Crippen LogP contribution >= 0.6 is 15.6 Å². The SMILES string of the molecule is CCCCCCCCCCCCCCCCCC(=O)O[C@H](COC(=O)CCCCCCCCCCCC(C)C)COP(=O)(O)OC[C@@H](O)COP(=O)(O)OC[C@@H](COC(=O)CCCCCCC)OC(=O)CCCCCCCCCCC. The lowest BCUT2D eigenvalue weighted by molar-refractivity contribution is -0.161. The number of esters is 4. The zero-order valence-corrected chi connectivity index (χ0v) is 53.7. The van der Waals surface area contributed by atoms with Gasteiger partial charge < -0.3 is 33.8 Å². The first kappa shape index (κ1) is 79.1. The number of hydrogen-bond acceptors (Lipinski definition) is 15. The molecule has 0 radical (unpaired) electrons. The first-order valence-corrected chi connectivity index (χ1v) is 35.6. The topological polar surface area (TPSA) is 237 Å². The Morgan fingerprint density at radius 3 is 0.840 bits per heavy atom. The van der Waals surface area contributed by atoms with Crippen molar-refractivity contribution in [3.05, 3.63) is 0 Å². The van der Waals surface area contributed by atoms with E-state index in [0.29, 0.717) is 25.7 Å². The summed E-state index contributed by atoms with van der Waals surface area (Å²) in [7, 11) is -9.87. The van der Waals surface area contributed by atoms with Crippen molar-refractivity contribution >= 4 is 39.5 Å². The molecule has 0 heterocycles. The maximum absolute atomic E-state index is 13.0. The number of carbonyl (C=O) groups is 4. The highest BCUT2D eigenvalue weighted by molar-refractivity contribution is 7.47. The summed E-state index contributed by atoms with van der Waals surface area (Å²) in [5.41, 5.74) is 0. The van der Waals surface area contributed by atoms with Crippen molar-refractivity contribution < 1.29 is 80.2 Å². The number of rotatable bonds is 62. The second kappa shape index (κ2) is 55.9. The summed E-state index contributed by atoms with van der Waals surface area (Å²) in [6.07, 6.45) is 39.3. The molecule has 0 amide bonds. The molecule has 0 bridgehead atoms. The van der Waals surface area contributed by atoms with E-state index < -0.39 is 97.5 Å². The molecule has 0 saturated heterocycles. The van der Waals surface area contributed by atoms with E-state index in [-0.39, 0.29) is 25.7 Å². The van der Waals surface area contributed by atoms with Gasteiger partial charge in [0.25, 0.3) is 0 Å². The van der Waals surface area contributed by atoms with E-state index >= 15 is 0 Å². The van der Waals surface area contributed by atoms with Crippen LogP contribution in [-0.4, -0.2) is 96.7 Å². The van der Waals surface area contributed by atoms with Crippen molar-refractivity contribution in [2.75, 3.05) is 39.6 Å². The van der Waals surface area contributed by atoms with Gasteiger partial charge in [-0.2, -0.15) is 0 Å². The Morgan fingerprint density at radius 1 is 0.333 bits per heavy atom. The number of aliphatic hydroxyl groups is 1. The van der Waals surface area contributed by atoms with Crippen molar-refractivity contribution in [1.82, 2.24) is 0 Å². The van der Waals surface area contributed by atoms with Crippen LogP contribution in [0.5, 0.6) is 0 Å². The molecular formula is C62H120O17P2. The van der Waals surface area contributed by atoms with Crippen LogP contribution in [0.3, 0.4) is 0 Å². The summed E-state index contributed by atoms with van der Waals surface area (Å²) in [6, 6.07) is 0. The third-order valence-corrected chi connectivity index (χ3v) is 16.2. The van der Waals surface area contributed by atoms with Crippen LogP contribution in [0.1, 0.15) is 311 Å². The molecule has 3 N–H and O–H groups in total. The Hall–Kier alpha value is -1.94. The standard InChI is InChI=1S/C62H120O17P2/c1-6-9-12-15-17-19-20-21-22-23-24-28-33-38-43-48-62(67)79-58(52-73-60(65)46-41-36-31-29-25-27-30-35-39-44-55(4)5)54-77-81(70,71)75-50-56(63)49-74-80(68,69)76-53-57(51-72-59(64)45-40-34-14-11-8-3)78-61(66)47-42-37-32-26-18-16-13-10-7-2/h55-58,63H,6-54H2,1-5H3,(H,68,69)(H,70,71)/t56-,57+,58+/m0/s1. The summed E-state index contributed by atoms with van der Waals surface area (Å²) >= 11 is 0. The Morgan fingerprint density at radius 2 is 0.568 bits per heavy atom. The molecular weight excluding hydrogens is 1080 g/mol. The van der Waals surface area contributed by atoms with Crippen molar-refractivity contribution in [3.8, 4) is 0 Å². The van der Waals surface area contributed by atoms with Gasteiger partial charge in [0.15, 0.2) is 12.2 Å². The lowest BCUT2D eigenvalue weighted by atomic mass is 10.0. The second-order valence-electron chi connectivity index (χ2n) is 22.9. The van der Waals surface area contributed by atoms with E-state index in [1.54, 1.807) is 0 Å². The molecule has 0 aliphatic rings. The van der Waals surface area contributed by atoms with Crippen LogP contribution in [0, 0.1) is 5.92 Å². The second-order valence-corrected chi connectivity index (χ2v) is 25.8. The molecule has 5 atom stereocenters. The van der Waals surface area contributed by atoms with E-state index in [4.69, 9.17) is 37.0 Å². The van der Waals surface area contributed by atoms with E-state index in [1.165, 1.54) is 128 Å². The predicted molar refractivity (Wildman–Crippen MR) is 322 cm³/mol. The molecule has 0 aromatic heterocycles. The minimum absolute atomic E-state index is 0.105. The average Bonchev–Trinajstić information content (AvgIpc) is 3.43. The van der Waals surface area contributed by atoms with Crippen molar-refractivity contribution in [1.29, 1.82) is 0 Å². The van der Waals surface area contributed by atoms with Crippen LogP contribution in [-0.2, 0) is 65.4 Å². The number of phosphoric ester groups is 2. The minimum Gasteiger partial charge on any atom is -0.462 e. The summed E-state index contributed by atoms with van der Waals surface area (Å²) in [6.45, 7) is 7.06. The number of carbonyl (C=O) groups excluding carboxylic acids is 4. The summed E-state index contributed by atoms with van der Waals surface area (Å²) < 4.78 is 67.7. The highest BCUT2D eigenvalue weighted by atomic mass is 31.2. The van der Waals surface area contributed by atoms with E-state index in [9.17, 15) is 43.2 Å². The van der Waals surface area contributed by atoms with Crippen molar-refractivity contribution in [2.24, 2.45) is 5.92 Å². The first-order valence-electron chi connectivity index (χ1n) is 32.6. The molecule has 0 fully saturated rings. The fourth-order valence-electron chi connectivity index (χ4n) is 9.23. The third-order valence-electron chi connectivity index (χ3n) is 14.3. The lowest BCUT2D eigenvalue weighted by Crippen LogP contribution is -2.30. The van der Waals surface area contributed by atoms with Crippen molar-refractivity contribution in [3.63, 3.8) is 0 Å². The van der Waals surface area contributed by atoms with Gasteiger partial charge in [-0.05, 0) is 31.6 Å². The van der Waals surface area contributed by atoms with Gasteiger partial charge in [0, 0.05) is 25.7 Å². The van der Waals surface area contributed by atoms with Gasteiger partial charge in [-0.3, -0.25) is 37.3 Å². The molecule has 17 nitrogen and oxygen atoms in total. The van der Waals surface area contributed by atoms with Crippen molar-refractivity contribution in [2.45, 2.75) is 329 Å². The Labute approximate surface area is 492 Å². The van der Waals surface area contributed by atoms with Gasteiger partial charge in [0.1, 0.15) is 19.3 Å². The van der Waals surface area contributed by atoms with Crippen LogP contribution in [0.4, 0.5) is 0 Å². The molecule has 0 spiro atoms. The van der Waals surface area contributed by atoms with Gasteiger partial charge in [0.2, 0.25) is 0 Å². The number of hydrogen-bond donors (Lipinski definition) is 3. The van der Waals surface area contributed by atoms with Crippen LogP contribution in [0.25, 0.3) is 0 Å². The maximum Gasteiger partial charge on any atom is 0.472 e. The fourth-order valence-corrected chi connectivity index (χ4v) is 10.8. The smallest absolute Gasteiger partial charge is 0.462 e. The molecule has 19 heteroatoms. The minimum atomic E-state index is -4.94. The first-order chi connectivity index (χ1) is 39.0. The number of ether oxygens (including phenoxy) is 4. The summed E-state index contributed by atoms with van der Waals surface area (Å²) in [5, 5.41) is 10.5. The van der Waals surface area contributed by atoms with E-state index in [1.807, 2.05) is 0 Å². The quantitative estimate of drug-likeness (QED) is 0.0222. The Balaban J connectivity index is 5.17. The monoisotopic (exact) mass is 1200 g/mol. The van der Waals surface area contributed by atoms with Gasteiger partial charge in [-0.25, -0.2) is 9.13 Å². The van der Waals surface area contributed by atoms with Crippen LogP contribution < -0.4 is 0 Å². The van der Waals surface area contributed by atoms with Gasteiger partial charge in [-0.15, -0.1) is 0 Å². The molecule has 2 unspecified atom stereocenters. The van der Waals surface area contributed by atoms with Gasteiger partial charge in [-0.1, -0.05) is 259 Å². The van der Waals surface area contributed by atoms with E-state index in [0.717, 1.165) is 102 Å². The largest absolute Gasteiger partial charge is 0.472 e.